The van der Waals surface area contributed by atoms with Crippen LogP contribution >= 0.6 is 0 Å². The number of ether oxygens (including phenoxy) is 2. The van der Waals surface area contributed by atoms with E-state index < -0.39 is 0 Å². The Bertz CT molecular complexity index is 1060. The number of carbonyl (C=O) groups excluding carboxylic acids is 1. The summed E-state index contributed by atoms with van der Waals surface area (Å²) in [5.41, 5.74) is 1.58. The van der Waals surface area contributed by atoms with Crippen LogP contribution in [0.5, 0.6) is 17.2 Å². The topological polar surface area (TPSA) is 63.7 Å². The van der Waals surface area contributed by atoms with Crippen LogP contribution in [0.3, 0.4) is 0 Å². The summed E-state index contributed by atoms with van der Waals surface area (Å²) >= 11 is 0. The van der Waals surface area contributed by atoms with Gasteiger partial charge in [0.05, 0.1) is 24.9 Å². The summed E-state index contributed by atoms with van der Waals surface area (Å²) in [6, 6.07) is 15.9. The number of halogens is 1. The van der Waals surface area contributed by atoms with Gasteiger partial charge in [-0.15, -0.1) is 0 Å². The van der Waals surface area contributed by atoms with Gasteiger partial charge in [-0.2, -0.15) is 0 Å². The molecule has 32 heavy (non-hydrogen) atoms. The maximum atomic E-state index is 13.7. The Morgan fingerprint density at radius 1 is 1.19 bits per heavy atom. The first kappa shape index (κ1) is 21.8. The van der Waals surface area contributed by atoms with E-state index in [1.54, 1.807) is 30.6 Å². The number of hydrogen-bond acceptors (Lipinski definition) is 5. The minimum atomic E-state index is -0.376. The molecule has 0 unspecified atom stereocenters. The lowest BCUT2D eigenvalue weighted by Gasteiger charge is -2.32. The SMILES string of the molecule is COc1cc(CN2CCC[C@H](C(=O)Nc3ccccc3Oc3cccnc3)C2)ccc1F. The van der Waals surface area contributed by atoms with E-state index in [1.807, 2.05) is 30.3 Å². The van der Waals surface area contributed by atoms with E-state index in [2.05, 4.69) is 15.2 Å². The molecule has 1 aliphatic heterocycles. The number of likely N-dealkylation sites (tertiary alicyclic amines) is 1. The van der Waals surface area contributed by atoms with E-state index in [1.165, 1.54) is 13.2 Å². The zero-order chi connectivity index (χ0) is 22.3. The highest BCUT2D eigenvalue weighted by Crippen LogP contribution is 2.30. The highest BCUT2D eigenvalue weighted by atomic mass is 19.1. The van der Waals surface area contributed by atoms with Crippen molar-refractivity contribution in [2.24, 2.45) is 5.92 Å². The van der Waals surface area contributed by atoms with Crippen LogP contribution in [-0.4, -0.2) is 36.0 Å². The van der Waals surface area contributed by atoms with Crippen LogP contribution in [0.15, 0.2) is 67.0 Å². The number of benzene rings is 2. The number of pyridine rings is 1. The van der Waals surface area contributed by atoms with Crippen molar-refractivity contribution in [3.63, 3.8) is 0 Å². The van der Waals surface area contributed by atoms with Crippen LogP contribution in [0.1, 0.15) is 18.4 Å². The fraction of sp³-hybridized carbons (Fsp3) is 0.280. The largest absolute Gasteiger partial charge is 0.494 e. The Morgan fingerprint density at radius 2 is 2.06 bits per heavy atom. The Morgan fingerprint density at radius 3 is 2.88 bits per heavy atom. The van der Waals surface area contributed by atoms with E-state index in [-0.39, 0.29) is 23.4 Å². The molecule has 1 saturated heterocycles. The molecule has 0 bridgehead atoms. The zero-order valence-corrected chi connectivity index (χ0v) is 18.0. The van der Waals surface area contributed by atoms with Crippen molar-refractivity contribution in [3.8, 4) is 17.2 Å². The Kier molecular flexibility index (Phi) is 6.97. The first-order chi connectivity index (χ1) is 15.6. The van der Waals surface area contributed by atoms with Gasteiger partial charge in [0.25, 0.3) is 0 Å². The number of piperidine rings is 1. The quantitative estimate of drug-likeness (QED) is 0.574. The average molecular weight is 435 g/mol. The number of aromatic nitrogens is 1. The number of para-hydroxylation sites is 2. The predicted octanol–water partition coefficient (Wildman–Crippen LogP) is 4.87. The Labute approximate surface area is 187 Å². The third-order valence-corrected chi connectivity index (χ3v) is 5.51. The van der Waals surface area contributed by atoms with Crippen molar-refractivity contribution >= 4 is 11.6 Å². The van der Waals surface area contributed by atoms with E-state index in [4.69, 9.17) is 9.47 Å². The van der Waals surface area contributed by atoms with Crippen molar-refractivity contribution in [2.75, 3.05) is 25.5 Å². The lowest BCUT2D eigenvalue weighted by molar-refractivity contribution is -0.121. The summed E-state index contributed by atoms with van der Waals surface area (Å²) in [5, 5.41) is 3.03. The van der Waals surface area contributed by atoms with Crippen LogP contribution in [0.4, 0.5) is 10.1 Å². The number of rotatable bonds is 7. The Hall–Kier alpha value is -3.45. The fourth-order valence-corrected chi connectivity index (χ4v) is 3.90. The summed E-state index contributed by atoms with van der Waals surface area (Å²) < 4.78 is 24.7. The summed E-state index contributed by atoms with van der Waals surface area (Å²) in [5.74, 6) is 0.859. The van der Waals surface area contributed by atoms with Gasteiger partial charge >= 0.3 is 0 Å². The molecule has 0 spiro atoms. The maximum Gasteiger partial charge on any atom is 0.228 e. The molecule has 3 aromatic rings. The van der Waals surface area contributed by atoms with E-state index in [9.17, 15) is 9.18 Å². The van der Waals surface area contributed by atoms with Crippen LogP contribution in [-0.2, 0) is 11.3 Å². The lowest BCUT2D eigenvalue weighted by atomic mass is 9.96. The molecule has 7 heteroatoms. The molecular weight excluding hydrogens is 409 g/mol. The smallest absolute Gasteiger partial charge is 0.228 e. The summed E-state index contributed by atoms with van der Waals surface area (Å²) in [6.45, 7) is 2.17. The van der Waals surface area contributed by atoms with Crippen LogP contribution in [0.25, 0.3) is 0 Å². The number of hydrogen-bond donors (Lipinski definition) is 1. The van der Waals surface area contributed by atoms with E-state index >= 15 is 0 Å². The lowest BCUT2D eigenvalue weighted by Crippen LogP contribution is -2.40. The van der Waals surface area contributed by atoms with Crippen LogP contribution in [0, 0.1) is 11.7 Å². The normalized spacial score (nSPS) is 16.4. The first-order valence-corrected chi connectivity index (χ1v) is 10.6. The van der Waals surface area contributed by atoms with Crippen molar-refractivity contribution in [1.29, 1.82) is 0 Å². The van der Waals surface area contributed by atoms with Gasteiger partial charge in [-0.3, -0.25) is 14.7 Å². The molecule has 0 aliphatic carbocycles. The summed E-state index contributed by atoms with van der Waals surface area (Å²) in [6.07, 6.45) is 5.05. The van der Waals surface area contributed by atoms with E-state index in [0.29, 0.717) is 30.3 Å². The minimum Gasteiger partial charge on any atom is -0.494 e. The third-order valence-electron chi connectivity index (χ3n) is 5.51. The second kappa shape index (κ2) is 10.2. The zero-order valence-electron chi connectivity index (χ0n) is 18.0. The second-order valence-corrected chi connectivity index (χ2v) is 7.82. The fourth-order valence-electron chi connectivity index (χ4n) is 3.90. The Balaban J connectivity index is 1.40. The second-order valence-electron chi connectivity index (χ2n) is 7.82. The number of anilines is 1. The molecule has 6 nitrogen and oxygen atoms in total. The van der Waals surface area contributed by atoms with Gasteiger partial charge in [0, 0.05) is 19.3 Å². The maximum absolute atomic E-state index is 13.7. The molecule has 166 valence electrons. The van der Waals surface area contributed by atoms with Crippen molar-refractivity contribution in [2.45, 2.75) is 19.4 Å². The molecule has 0 radical (unpaired) electrons. The van der Waals surface area contributed by atoms with Gasteiger partial charge in [-0.1, -0.05) is 18.2 Å². The average Bonchev–Trinajstić information content (AvgIpc) is 2.82. The van der Waals surface area contributed by atoms with Gasteiger partial charge in [0.2, 0.25) is 5.91 Å². The van der Waals surface area contributed by atoms with E-state index in [0.717, 1.165) is 24.9 Å². The third kappa shape index (κ3) is 5.42. The number of methoxy groups -OCH3 is 1. The molecule has 2 aromatic carbocycles. The highest BCUT2D eigenvalue weighted by molar-refractivity contribution is 5.94. The number of nitrogens with zero attached hydrogens (tertiary/aromatic N) is 2. The van der Waals surface area contributed by atoms with Crippen LogP contribution in [0.2, 0.25) is 0 Å². The van der Waals surface area contributed by atoms with Gasteiger partial charge < -0.3 is 14.8 Å². The monoisotopic (exact) mass is 435 g/mol. The minimum absolute atomic E-state index is 0.0337. The van der Waals surface area contributed by atoms with Crippen molar-refractivity contribution in [1.82, 2.24) is 9.88 Å². The van der Waals surface area contributed by atoms with Gasteiger partial charge in [-0.25, -0.2) is 4.39 Å². The highest BCUT2D eigenvalue weighted by Gasteiger charge is 2.26. The summed E-state index contributed by atoms with van der Waals surface area (Å²) in [7, 11) is 1.46. The number of carbonyl (C=O) groups is 1. The molecule has 1 N–H and O–H groups in total. The standard InChI is InChI=1S/C25H26FN3O3/c1-31-24-14-18(10-11-21(24)26)16-29-13-5-6-19(17-29)25(30)28-22-8-2-3-9-23(22)32-20-7-4-12-27-15-20/h2-4,7-12,14-15,19H,5-6,13,16-17H2,1H3,(H,28,30)/t19-/m0/s1. The molecule has 1 atom stereocenters. The predicted molar refractivity (Wildman–Crippen MR) is 120 cm³/mol. The van der Waals surface area contributed by atoms with Crippen molar-refractivity contribution < 1.29 is 18.7 Å². The molecule has 2 heterocycles. The van der Waals surface area contributed by atoms with Gasteiger partial charge in [-0.05, 0) is 61.3 Å². The molecule has 1 amide bonds. The molecule has 1 aliphatic rings. The summed E-state index contributed by atoms with van der Waals surface area (Å²) in [4.78, 5) is 19.3. The molecule has 0 saturated carbocycles. The molecule has 4 rings (SSSR count). The van der Waals surface area contributed by atoms with Crippen LogP contribution < -0.4 is 14.8 Å². The molecule has 1 fully saturated rings. The number of amides is 1. The van der Waals surface area contributed by atoms with Crippen molar-refractivity contribution in [3.05, 3.63) is 78.4 Å². The molecule has 1 aromatic heterocycles. The first-order valence-electron chi connectivity index (χ1n) is 10.6. The molecular formula is C25H26FN3O3. The van der Waals surface area contributed by atoms with Gasteiger partial charge in [0.15, 0.2) is 17.3 Å². The number of nitrogens with one attached hydrogen (secondary N) is 1. The van der Waals surface area contributed by atoms with Gasteiger partial charge in [0.1, 0.15) is 5.75 Å².